The Kier molecular flexibility index (Phi) is 13.2. The van der Waals surface area contributed by atoms with E-state index in [9.17, 15) is 29.1 Å². The molecule has 2 fully saturated rings. The van der Waals surface area contributed by atoms with Crippen LogP contribution in [0.1, 0.15) is 76.8 Å². The van der Waals surface area contributed by atoms with Crippen molar-refractivity contribution >= 4 is 29.7 Å². The Hall–Kier alpha value is -4.45. The number of nitrogens with two attached hydrogens (primary N) is 1. The largest absolute Gasteiger partial charge is 0.445 e. The standard InChI is InChI=1S/C37H51N5O7/c1-37(2,3)41-34(46)30-20-27(26-17-11-6-12-18-26)22-42(30)35(47)32(44)28(19-24-13-7-4-8-14-24)39-33(45)29(21-31(38)43)40-36(48)49-23-25-15-9-5-10-16-25/h4-5,7-10,13-16,26-30,32,44H,6,11-12,17-23H2,1-3H3,(H2,38,43)(H,39,45)(H,40,48)(H,41,46)/t27-,28?,29-,30-,32?/m0/s1. The number of nitrogens with one attached hydrogen (secondary N) is 3. The van der Waals surface area contributed by atoms with E-state index in [1.807, 2.05) is 32.9 Å². The van der Waals surface area contributed by atoms with Gasteiger partial charge in [0.2, 0.25) is 17.7 Å². The summed E-state index contributed by atoms with van der Waals surface area (Å²) in [6.45, 7) is 5.88. The van der Waals surface area contributed by atoms with Crippen LogP contribution in [0.4, 0.5) is 4.79 Å². The van der Waals surface area contributed by atoms with Gasteiger partial charge in [-0.1, -0.05) is 92.8 Å². The van der Waals surface area contributed by atoms with Crippen molar-refractivity contribution in [1.82, 2.24) is 20.9 Å². The van der Waals surface area contributed by atoms with Crippen molar-refractivity contribution in [2.45, 2.75) is 109 Å². The van der Waals surface area contributed by atoms with Gasteiger partial charge in [-0.3, -0.25) is 19.2 Å². The van der Waals surface area contributed by atoms with Gasteiger partial charge in [-0.15, -0.1) is 0 Å². The minimum Gasteiger partial charge on any atom is -0.445 e. The van der Waals surface area contributed by atoms with Gasteiger partial charge in [0.15, 0.2) is 6.10 Å². The molecule has 266 valence electrons. The first kappa shape index (κ1) is 37.4. The van der Waals surface area contributed by atoms with E-state index in [1.165, 1.54) is 11.3 Å². The minimum absolute atomic E-state index is 0.0555. The smallest absolute Gasteiger partial charge is 0.408 e. The van der Waals surface area contributed by atoms with Gasteiger partial charge in [0.25, 0.3) is 5.91 Å². The lowest BCUT2D eigenvalue weighted by atomic mass is 9.79. The molecule has 2 aromatic carbocycles. The summed E-state index contributed by atoms with van der Waals surface area (Å²) in [4.78, 5) is 67.4. The van der Waals surface area contributed by atoms with E-state index in [0.717, 1.165) is 36.8 Å². The van der Waals surface area contributed by atoms with Gasteiger partial charge in [0.1, 0.15) is 18.7 Å². The third kappa shape index (κ3) is 11.3. The number of hydrogen-bond donors (Lipinski definition) is 5. The molecule has 2 unspecified atom stereocenters. The molecule has 1 saturated heterocycles. The van der Waals surface area contributed by atoms with Crippen LogP contribution in [0.15, 0.2) is 60.7 Å². The zero-order valence-electron chi connectivity index (χ0n) is 28.7. The van der Waals surface area contributed by atoms with Crippen LogP contribution in [0.25, 0.3) is 0 Å². The Morgan fingerprint density at radius 3 is 2.10 bits per heavy atom. The molecule has 6 N–H and O–H groups in total. The molecule has 0 bridgehead atoms. The average molecular weight is 678 g/mol. The maximum atomic E-state index is 14.2. The number of carbonyl (C=O) groups excluding carboxylic acids is 5. The number of carbonyl (C=O) groups is 5. The Morgan fingerprint density at radius 1 is 0.898 bits per heavy atom. The molecule has 2 aliphatic rings. The maximum Gasteiger partial charge on any atom is 0.408 e. The summed E-state index contributed by atoms with van der Waals surface area (Å²) in [6, 6.07) is 14.6. The summed E-state index contributed by atoms with van der Waals surface area (Å²) < 4.78 is 5.24. The molecule has 0 radical (unpaired) electrons. The predicted octanol–water partition coefficient (Wildman–Crippen LogP) is 2.96. The van der Waals surface area contributed by atoms with E-state index in [-0.39, 0.29) is 24.9 Å². The Morgan fingerprint density at radius 2 is 1.51 bits per heavy atom. The van der Waals surface area contributed by atoms with Crippen molar-refractivity contribution in [3.05, 3.63) is 71.8 Å². The number of amides is 5. The molecule has 1 aliphatic carbocycles. The highest BCUT2D eigenvalue weighted by Crippen LogP contribution is 2.38. The molecular weight excluding hydrogens is 626 g/mol. The van der Waals surface area contributed by atoms with Crippen molar-refractivity contribution in [2.24, 2.45) is 17.6 Å². The van der Waals surface area contributed by atoms with Crippen LogP contribution in [-0.2, 0) is 36.9 Å². The topological polar surface area (TPSA) is 180 Å². The fraction of sp³-hybridized carbons (Fsp3) is 0.541. The number of rotatable bonds is 13. The fourth-order valence-electron chi connectivity index (χ4n) is 6.81. The second kappa shape index (κ2) is 17.3. The number of nitrogens with zero attached hydrogens (tertiary/aromatic N) is 1. The van der Waals surface area contributed by atoms with Gasteiger partial charge in [0, 0.05) is 12.1 Å². The number of primary amides is 1. The molecule has 5 amide bonds. The van der Waals surface area contributed by atoms with Crippen LogP contribution in [0.3, 0.4) is 0 Å². The Bertz CT molecular complexity index is 1430. The van der Waals surface area contributed by atoms with Crippen LogP contribution in [0.2, 0.25) is 0 Å². The maximum absolute atomic E-state index is 14.2. The normalized spacial score (nSPS) is 20.0. The lowest BCUT2D eigenvalue weighted by Gasteiger charge is -2.32. The summed E-state index contributed by atoms with van der Waals surface area (Å²) in [6.07, 6.45) is 2.81. The van der Waals surface area contributed by atoms with Crippen molar-refractivity contribution < 1.29 is 33.8 Å². The molecule has 1 heterocycles. The summed E-state index contributed by atoms with van der Waals surface area (Å²) >= 11 is 0. The molecule has 12 heteroatoms. The van der Waals surface area contributed by atoms with Crippen LogP contribution in [0.5, 0.6) is 0 Å². The van der Waals surface area contributed by atoms with Gasteiger partial charge in [-0.05, 0) is 56.6 Å². The monoisotopic (exact) mass is 677 g/mol. The predicted molar refractivity (Wildman–Crippen MR) is 184 cm³/mol. The van der Waals surface area contributed by atoms with E-state index >= 15 is 0 Å². The van der Waals surface area contributed by atoms with Gasteiger partial charge in [-0.2, -0.15) is 0 Å². The molecule has 12 nitrogen and oxygen atoms in total. The Balaban J connectivity index is 1.54. The van der Waals surface area contributed by atoms with Gasteiger partial charge >= 0.3 is 6.09 Å². The third-order valence-electron chi connectivity index (χ3n) is 9.22. The molecule has 1 aliphatic heterocycles. The SMILES string of the molecule is CC(C)(C)NC(=O)[C@@H]1C[C@H](C2CCCCC2)CN1C(=O)C(O)C(Cc1ccccc1)NC(=O)[C@H](CC(N)=O)NC(=O)OCc1ccccc1. The van der Waals surface area contributed by atoms with E-state index in [4.69, 9.17) is 10.5 Å². The third-order valence-corrected chi connectivity index (χ3v) is 9.22. The zero-order chi connectivity index (χ0) is 35.6. The number of aliphatic hydroxyl groups is 1. The number of likely N-dealkylation sites (tertiary alicyclic amines) is 1. The second-order valence-electron chi connectivity index (χ2n) is 14.3. The van der Waals surface area contributed by atoms with Crippen LogP contribution < -0.4 is 21.7 Å². The molecule has 49 heavy (non-hydrogen) atoms. The van der Waals surface area contributed by atoms with Crippen LogP contribution >= 0.6 is 0 Å². The van der Waals surface area contributed by atoms with E-state index in [2.05, 4.69) is 16.0 Å². The number of aliphatic hydroxyl groups excluding tert-OH is 1. The first-order valence-corrected chi connectivity index (χ1v) is 17.2. The highest BCUT2D eigenvalue weighted by molar-refractivity contribution is 5.93. The van der Waals surface area contributed by atoms with Crippen LogP contribution in [-0.4, -0.2) is 76.0 Å². The van der Waals surface area contributed by atoms with Gasteiger partial charge in [0.05, 0.1) is 12.5 Å². The lowest BCUT2D eigenvalue weighted by molar-refractivity contribution is -0.147. The zero-order valence-corrected chi connectivity index (χ0v) is 28.7. The van der Waals surface area contributed by atoms with E-state index in [0.29, 0.717) is 18.9 Å². The molecule has 5 atom stereocenters. The summed E-state index contributed by atoms with van der Waals surface area (Å²) in [5, 5.41) is 19.8. The second-order valence-corrected chi connectivity index (χ2v) is 14.3. The number of hydrogen-bond acceptors (Lipinski definition) is 7. The summed E-state index contributed by atoms with van der Waals surface area (Å²) in [5.74, 6) is -2.13. The first-order chi connectivity index (χ1) is 23.3. The summed E-state index contributed by atoms with van der Waals surface area (Å²) in [5.41, 5.74) is 6.34. The van der Waals surface area contributed by atoms with Crippen molar-refractivity contribution in [3.63, 3.8) is 0 Å². The Labute approximate surface area is 288 Å². The first-order valence-electron chi connectivity index (χ1n) is 17.2. The minimum atomic E-state index is -1.74. The van der Waals surface area contributed by atoms with E-state index in [1.54, 1.807) is 48.5 Å². The highest BCUT2D eigenvalue weighted by Gasteiger charge is 2.46. The molecule has 0 aromatic heterocycles. The summed E-state index contributed by atoms with van der Waals surface area (Å²) in [7, 11) is 0. The van der Waals surface area contributed by atoms with Gasteiger partial charge in [-0.25, -0.2) is 4.79 Å². The molecule has 4 rings (SSSR count). The molecule has 0 spiro atoms. The van der Waals surface area contributed by atoms with Crippen molar-refractivity contribution in [3.8, 4) is 0 Å². The lowest BCUT2D eigenvalue weighted by Crippen LogP contribution is -2.59. The van der Waals surface area contributed by atoms with Gasteiger partial charge < -0.3 is 36.4 Å². The molecule has 2 aromatic rings. The average Bonchev–Trinajstić information content (AvgIpc) is 3.52. The van der Waals surface area contributed by atoms with E-state index < -0.39 is 60.0 Å². The number of ether oxygens (including phenoxy) is 1. The van der Waals surface area contributed by atoms with Crippen molar-refractivity contribution in [1.29, 1.82) is 0 Å². The molecule has 1 saturated carbocycles. The highest BCUT2D eigenvalue weighted by atomic mass is 16.5. The van der Waals surface area contributed by atoms with Crippen molar-refractivity contribution in [2.75, 3.05) is 6.54 Å². The molecular formula is C37H51N5O7. The fourth-order valence-corrected chi connectivity index (χ4v) is 6.81. The number of alkyl carbamates (subject to hydrolysis) is 1. The van der Waals surface area contributed by atoms with Crippen LogP contribution in [0, 0.1) is 11.8 Å². The number of benzene rings is 2. The quantitative estimate of drug-likeness (QED) is 0.216.